The van der Waals surface area contributed by atoms with Gasteiger partial charge in [-0.25, -0.2) is 4.39 Å². The van der Waals surface area contributed by atoms with Gasteiger partial charge in [0, 0.05) is 21.8 Å². The van der Waals surface area contributed by atoms with E-state index in [-0.39, 0.29) is 5.82 Å². The van der Waals surface area contributed by atoms with Gasteiger partial charge in [-0.1, -0.05) is 36.0 Å². The smallest absolute Gasteiger partial charge is 0.399 e. The van der Waals surface area contributed by atoms with E-state index in [1.807, 2.05) is 39.8 Å². The largest absolute Gasteiger partial charge is 0.496 e. The number of hydrogen-bond donors (Lipinski definition) is 0. The maximum atomic E-state index is 14.4. The van der Waals surface area contributed by atoms with Crippen molar-refractivity contribution >= 4 is 24.3 Å². The lowest BCUT2D eigenvalue weighted by Crippen LogP contribution is -2.41. The normalized spacial score (nSPS) is 20.6. The summed E-state index contributed by atoms with van der Waals surface area (Å²) in [6.45, 7) is 8.13. The van der Waals surface area contributed by atoms with Crippen LogP contribution in [0, 0.1) is 5.82 Å². The Morgan fingerprint density at radius 1 is 1.00 bits per heavy atom. The van der Waals surface area contributed by atoms with Gasteiger partial charge < -0.3 is 9.31 Å². The van der Waals surface area contributed by atoms with Crippen LogP contribution in [-0.2, 0) is 15.7 Å². The van der Waals surface area contributed by atoms with Gasteiger partial charge in [-0.3, -0.25) is 0 Å². The molecule has 0 atom stereocenters. The quantitative estimate of drug-likeness (QED) is 0.618. The first-order chi connectivity index (χ1) is 11.3. The second-order valence-electron chi connectivity index (χ2n) is 7.42. The molecule has 0 saturated carbocycles. The molecule has 0 amide bonds. The Morgan fingerprint density at radius 3 is 2.38 bits per heavy atom. The fraction of sp³-hybridized carbons (Fsp3) is 0.368. The van der Waals surface area contributed by atoms with Crippen molar-refractivity contribution in [2.24, 2.45) is 0 Å². The third-order valence-electron chi connectivity index (χ3n) is 5.29. The molecule has 4 rings (SSSR count). The molecule has 0 radical (unpaired) electrons. The fourth-order valence-electron chi connectivity index (χ4n) is 3.11. The third-order valence-corrected chi connectivity index (χ3v) is 6.60. The van der Waals surface area contributed by atoms with Crippen molar-refractivity contribution in [2.45, 2.75) is 55.1 Å². The molecule has 2 aliphatic heterocycles. The van der Waals surface area contributed by atoms with Gasteiger partial charge in [0.15, 0.2) is 0 Å². The zero-order valence-corrected chi connectivity index (χ0v) is 15.2. The van der Waals surface area contributed by atoms with Gasteiger partial charge >= 0.3 is 7.12 Å². The summed E-state index contributed by atoms with van der Waals surface area (Å²) in [6, 6.07) is 11.5. The van der Waals surface area contributed by atoms with Crippen molar-refractivity contribution in [2.75, 3.05) is 0 Å². The van der Waals surface area contributed by atoms with Crippen LogP contribution in [0.5, 0.6) is 0 Å². The van der Waals surface area contributed by atoms with E-state index >= 15 is 0 Å². The minimum atomic E-state index is -0.470. The van der Waals surface area contributed by atoms with E-state index in [0.29, 0.717) is 6.42 Å². The van der Waals surface area contributed by atoms with Crippen LogP contribution in [0.25, 0.3) is 0 Å². The summed E-state index contributed by atoms with van der Waals surface area (Å²) >= 11 is 1.61. The second-order valence-corrected chi connectivity index (χ2v) is 8.47. The molecule has 0 unspecified atom stereocenters. The Labute approximate surface area is 146 Å². The Balaban J connectivity index is 1.78. The molecule has 2 aliphatic rings. The molecule has 0 spiro atoms. The third kappa shape index (κ3) is 2.41. The lowest BCUT2D eigenvalue weighted by molar-refractivity contribution is 0.00578. The van der Waals surface area contributed by atoms with Gasteiger partial charge in [0.2, 0.25) is 0 Å². The topological polar surface area (TPSA) is 18.5 Å². The first-order valence-electron chi connectivity index (χ1n) is 8.21. The van der Waals surface area contributed by atoms with Crippen LogP contribution in [-0.4, -0.2) is 18.3 Å². The van der Waals surface area contributed by atoms with Gasteiger partial charge in [-0.2, -0.15) is 0 Å². The number of rotatable bonds is 1. The van der Waals surface area contributed by atoms with E-state index in [1.54, 1.807) is 17.8 Å². The van der Waals surface area contributed by atoms with E-state index in [4.69, 9.17) is 9.31 Å². The van der Waals surface area contributed by atoms with Crippen LogP contribution >= 0.6 is 11.8 Å². The summed E-state index contributed by atoms with van der Waals surface area (Å²) in [7, 11) is -0.470. The summed E-state index contributed by atoms with van der Waals surface area (Å²) in [5, 5.41) is 0. The van der Waals surface area contributed by atoms with Crippen molar-refractivity contribution in [3.8, 4) is 0 Å². The van der Waals surface area contributed by atoms with E-state index < -0.39 is 18.3 Å². The molecule has 0 aromatic heterocycles. The lowest BCUT2D eigenvalue weighted by atomic mass is 9.77. The molecular weight excluding hydrogens is 322 g/mol. The van der Waals surface area contributed by atoms with Crippen LogP contribution in [0.15, 0.2) is 46.2 Å². The number of fused-ring (bicyclic) bond motifs is 2. The molecule has 124 valence electrons. The first kappa shape index (κ1) is 16.2. The highest BCUT2D eigenvalue weighted by Crippen LogP contribution is 2.42. The zero-order valence-electron chi connectivity index (χ0n) is 14.4. The van der Waals surface area contributed by atoms with E-state index in [2.05, 4.69) is 12.1 Å². The molecule has 0 bridgehead atoms. The van der Waals surface area contributed by atoms with Gasteiger partial charge in [0.25, 0.3) is 0 Å². The van der Waals surface area contributed by atoms with Crippen molar-refractivity contribution in [1.29, 1.82) is 0 Å². The Kier molecular flexibility index (Phi) is 3.61. The number of halogens is 1. The molecule has 2 aromatic rings. The molecule has 1 saturated heterocycles. The predicted octanol–water partition coefficient (Wildman–Crippen LogP) is 4.18. The maximum Gasteiger partial charge on any atom is 0.496 e. The van der Waals surface area contributed by atoms with Crippen molar-refractivity contribution in [1.82, 2.24) is 0 Å². The second kappa shape index (κ2) is 5.35. The van der Waals surface area contributed by atoms with E-state index in [9.17, 15) is 4.39 Å². The standard InChI is InChI=1S/C19H20BFO2S/c1-18(2)19(3,4)23-20(22-18)14-9-10-15(21)13-11-12-7-5-6-8-16(12)24-17(13)14/h5-10H,11H2,1-4H3. The molecule has 1 fully saturated rings. The van der Waals surface area contributed by atoms with Crippen LogP contribution in [0.2, 0.25) is 0 Å². The number of hydrogen-bond acceptors (Lipinski definition) is 3. The molecule has 0 N–H and O–H groups in total. The van der Waals surface area contributed by atoms with Crippen LogP contribution < -0.4 is 5.46 Å². The lowest BCUT2D eigenvalue weighted by Gasteiger charge is -2.32. The highest BCUT2D eigenvalue weighted by molar-refractivity contribution is 7.99. The molecule has 5 heteroatoms. The Hall–Kier alpha value is -1.30. The van der Waals surface area contributed by atoms with Gasteiger partial charge in [-0.05, 0) is 50.9 Å². The van der Waals surface area contributed by atoms with E-state index in [0.717, 1.165) is 15.9 Å². The first-order valence-corrected chi connectivity index (χ1v) is 9.03. The Bertz CT molecular complexity index is 803. The summed E-state index contributed by atoms with van der Waals surface area (Å²) in [5.41, 5.74) is 2.02. The number of benzene rings is 2. The maximum absolute atomic E-state index is 14.4. The minimum absolute atomic E-state index is 0.160. The zero-order chi connectivity index (χ0) is 17.1. The molecule has 2 heterocycles. The average molecular weight is 342 g/mol. The van der Waals surface area contributed by atoms with Crippen LogP contribution in [0.4, 0.5) is 4.39 Å². The molecule has 24 heavy (non-hydrogen) atoms. The van der Waals surface area contributed by atoms with E-state index in [1.165, 1.54) is 16.5 Å². The van der Waals surface area contributed by atoms with Crippen LogP contribution in [0.1, 0.15) is 38.8 Å². The van der Waals surface area contributed by atoms with Gasteiger partial charge in [0.1, 0.15) is 5.82 Å². The fourth-order valence-corrected chi connectivity index (χ4v) is 4.33. The summed E-state index contributed by atoms with van der Waals surface area (Å²) in [6.07, 6.45) is 0.609. The van der Waals surface area contributed by atoms with Crippen molar-refractivity contribution in [3.05, 3.63) is 53.3 Å². The highest BCUT2D eigenvalue weighted by atomic mass is 32.2. The Morgan fingerprint density at radius 2 is 1.67 bits per heavy atom. The average Bonchev–Trinajstić information content (AvgIpc) is 2.74. The van der Waals surface area contributed by atoms with Gasteiger partial charge in [0.05, 0.1) is 11.2 Å². The summed E-state index contributed by atoms with van der Waals surface area (Å²) in [4.78, 5) is 2.11. The predicted molar refractivity (Wildman–Crippen MR) is 95.5 cm³/mol. The molecule has 0 aliphatic carbocycles. The van der Waals surface area contributed by atoms with Crippen molar-refractivity contribution in [3.63, 3.8) is 0 Å². The highest BCUT2D eigenvalue weighted by Gasteiger charge is 2.52. The monoisotopic (exact) mass is 342 g/mol. The molecule has 2 aromatic carbocycles. The molecule has 2 nitrogen and oxygen atoms in total. The van der Waals surface area contributed by atoms with Gasteiger partial charge in [-0.15, -0.1) is 0 Å². The molecular formula is C19H20BFO2S. The SMILES string of the molecule is CC1(C)OB(c2ccc(F)c3c2Sc2ccccc2C3)OC1(C)C. The van der Waals surface area contributed by atoms with Crippen molar-refractivity contribution < 1.29 is 13.7 Å². The minimum Gasteiger partial charge on any atom is -0.399 e. The van der Waals surface area contributed by atoms with Crippen LogP contribution in [0.3, 0.4) is 0 Å². The summed E-state index contributed by atoms with van der Waals surface area (Å²) < 4.78 is 26.8. The summed E-state index contributed by atoms with van der Waals surface area (Å²) in [5.74, 6) is -0.160.